The van der Waals surface area contributed by atoms with E-state index in [0.29, 0.717) is 24.2 Å². The topological polar surface area (TPSA) is 61.2 Å². The number of carbonyl (C=O) groups excluding carboxylic acids is 1. The lowest BCUT2D eigenvalue weighted by atomic mass is 9.62. The van der Waals surface area contributed by atoms with Crippen molar-refractivity contribution in [1.82, 2.24) is 9.55 Å². The van der Waals surface area contributed by atoms with Crippen molar-refractivity contribution in [3.8, 4) is 11.3 Å². The predicted octanol–water partition coefficient (Wildman–Crippen LogP) is 5.90. The normalized spacial score (nSPS) is 19.4. The van der Waals surface area contributed by atoms with Gasteiger partial charge in [0.2, 0.25) is 0 Å². The lowest BCUT2D eigenvalue weighted by molar-refractivity contribution is -0.139. The third kappa shape index (κ3) is 4.58. The first-order valence-corrected chi connectivity index (χ1v) is 14.1. The molecule has 1 aromatic heterocycles. The zero-order chi connectivity index (χ0) is 23.5. The molecule has 0 amide bonds. The van der Waals surface area contributed by atoms with Crippen LogP contribution >= 0.6 is 11.8 Å². The highest BCUT2D eigenvalue weighted by Gasteiger charge is 2.43. The largest absolute Gasteiger partial charge is 0.465 e. The second-order valence-electron chi connectivity index (χ2n) is 10.3. The van der Waals surface area contributed by atoms with E-state index in [1.807, 2.05) is 17.6 Å². The van der Waals surface area contributed by atoms with Crippen LogP contribution in [-0.2, 0) is 27.9 Å². The van der Waals surface area contributed by atoms with E-state index >= 15 is 0 Å². The summed E-state index contributed by atoms with van der Waals surface area (Å²) in [6, 6.07) is 8.46. The Bertz CT molecular complexity index is 1100. The molecular formula is C28H36N2O3S. The number of thioether (sulfide) groups is 1. The molecule has 0 bridgehead atoms. The maximum atomic E-state index is 14.4. The third-order valence-electron chi connectivity index (χ3n) is 8.07. The van der Waals surface area contributed by atoms with E-state index in [4.69, 9.17) is 9.72 Å². The van der Waals surface area contributed by atoms with Crippen LogP contribution in [0.3, 0.4) is 0 Å². The van der Waals surface area contributed by atoms with E-state index < -0.39 is 0 Å². The smallest absolute Gasteiger partial charge is 0.316 e. The number of benzene rings is 1. The molecule has 2 aromatic rings. The quantitative estimate of drug-likeness (QED) is 0.292. The Kier molecular flexibility index (Phi) is 7.14. The van der Waals surface area contributed by atoms with Crippen molar-refractivity contribution in [2.75, 3.05) is 12.4 Å². The summed E-state index contributed by atoms with van der Waals surface area (Å²) in [4.78, 5) is 31.7. The molecular weight excluding hydrogens is 444 g/mol. The summed E-state index contributed by atoms with van der Waals surface area (Å²) >= 11 is 1.36. The monoisotopic (exact) mass is 480 g/mol. The van der Waals surface area contributed by atoms with Crippen LogP contribution in [0, 0.1) is 5.92 Å². The van der Waals surface area contributed by atoms with Crippen LogP contribution in [0.2, 0.25) is 0 Å². The van der Waals surface area contributed by atoms with E-state index in [9.17, 15) is 9.59 Å². The molecule has 5 rings (SSSR count). The number of aromatic nitrogens is 2. The molecule has 1 heterocycles. The number of ether oxygens (including phenoxy) is 1. The average Bonchev–Trinajstić information content (AvgIpc) is 2.86. The minimum atomic E-state index is -0.257. The number of fused-ring (bicyclic) bond motifs is 4. The van der Waals surface area contributed by atoms with Crippen LogP contribution in [0.25, 0.3) is 11.3 Å². The fraction of sp³-hybridized carbons (Fsp3) is 0.607. The molecule has 0 atom stereocenters. The minimum absolute atomic E-state index is 0.106. The zero-order valence-corrected chi connectivity index (χ0v) is 21.1. The van der Waals surface area contributed by atoms with Crippen LogP contribution in [0.5, 0.6) is 0 Å². The molecule has 5 nitrogen and oxygen atoms in total. The van der Waals surface area contributed by atoms with Crippen molar-refractivity contribution in [2.24, 2.45) is 5.92 Å². The van der Waals surface area contributed by atoms with Gasteiger partial charge in [0.05, 0.1) is 23.6 Å². The molecule has 0 aliphatic heterocycles. The van der Waals surface area contributed by atoms with Gasteiger partial charge in [-0.05, 0) is 50.5 Å². The summed E-state index contributed by atoms with van der Waals surface area (Å²) in [5.41, 5.74) is 4.23. The Hall–Kier alpha value is -2.08. The van der Waals surface area contributed by atoms with Gasteiger partial charge in [0.15, 0.2) is 5.16 Å². The molecule has 0 radical (unpaired) electrons. The van der Waals surface area contributed by atoms with Crippen LogP contribution in [0.15, 0.2) is 34.2 Å². The molecule has 3 aliphatic carbocycles. The molecule has 34 heavy (non-hydrogen) atoms. The van der Waals surface area contributed by atoms with Crippen molar-refractivity contribution in [3.63, 3.8) is 0 Å². The number of esters is 1. The summed E-state index contributed by atoms with van der Waals surface area (Å²) in [5, 5.41) is 0.671. The lowest BCUT2D eigenvalue weighted by Crippen LogP contribution is -2.43. The van der Waals surface area contributed by atoms with Gasteiger partial charge in [-0.25, -0.2) is 4.98 Å². The van der Waals surface area contributed by atoms with Crippen molar-refractivity contribution >= 4 is 17.7 Å². The fourth-order valence-corrected chi connectivity index (χ4v) is 7.25. The second kappa shape index (κ2) is 10.3. The fourth-order valence-electron chi connectivity index (χ4n) is 6.45. The summed E-state index contributed by atoms with van der Waals surface area (Å²) in [7, 11) is 0. The van der Waals surface area contributed by atoms with Crippen LogP contribution in [-0.4, -0.2) is 27.9 Å². The van der Waals surface area contributed by atoms with Gasteiger partial charge in [0.25, 0.3) is 5.56 Å². The number of hydrogen-bond donors (Lipinski definition) is 0. The Morgan fingerprint density at radius 3 is 2.62 bits per heavy atom. The standard InChI is InChI=1S/C28H36N2O3S/c1-2-33-23(31)19-34-27-29-25-22-14-8-7-13-21(22)17-28(15-9-4-10-16-28)24(25)26(32)30(27)18-20-11-5-3-6-12-20/h7-8,13-14,20H,2-6,9-12,15-19H2,1H3. The highest BCUT2D eigenvalue weighted by Crippen LogP contribution is 2.49. The lowest BCUT2D eigenvalue weighted by Gasteiger charge is -2.42. The zero-order valence-electron chi connectivity index (χ0n) is 20.3. The maximum absolute atomic E-state index is 14.4. The van der Waals surface area contributed by atoms with Gasteiger partial charge in [-0.15, -0.1) is 0 Å². The number of hydrogen-bond acceptors (Lipinski definition) is 5. The van der Waals surface area contributed by atoms with Crippen LogP contribution < -0.4 is 5.56 Å². The Morgan fingerprint density at radius 1 is 1.12 bits per heavy atom. The molecule has 0 unspecified atom stereocenters. The predicted molar refractivity (Wildman–Crippen MR) is 136 cm³/mol. The minimum Gasteiger partial charge on any atom is -0.465 e. The van der Waals surface area contributed by atoms with Gasteiger partial charge in [-0.2, -0.15) is 0 Å². The van der Waals surface area contributed by atoms with Gasteiger partial charge >= 0.3 is 5.97 Å². The molecule has 2 fully saturated rings. The van der Waals surface area contributed by atoms with Crippen molar-refractivity contribution < 1.29 is 9.53 Å². The number of nitrogens with zero attached hydrogens (tertiary/aromatic N) is 2. The highest BCUT2D eigenvalue weighted by atomic mass is 32.2. The summed E-state index contributed by atoms with van der Waals surface area (Å²) < 4.78 is 7.10. The number of carbonyl (C=O) groups is 1. The van der Waals surface area contributed by atoms with E-state index in [0.717, 1.165) is 36.1 Å². The molecule has 0 N–H and O–H groups in total. The maximum Gasteiger partial charge on any atom is 0.316 e. The van der Waals surface area contributed by atoms with Gasteiger partial charge in [-0.1, -0.05) is 74.6 Å². The van der Waals surface area contributed by atoms with E-state index in [1.165, 1.54) is 68.7 Å². The summed E-state index contributed by atoms with van der Waals surface area (Å²) in [5.74, 6) is 0.426. The molecule has 3 aliphatic rings. The van der Waals surface area contributed by atoms with Gasteiger partial charge in [0.1, 0.15) is 0 Å². The van der Waals surface area contributed by atoms with Crippen molar-refractivity contribution in [3.05, 3.63) is 45.7 Å². The molecule has 0 saturated heterocycles. The first-order chi connectivity index (χ1) is 16.6. The Labute approximate surface area is 206 Å². The SMILES string of the molecule is CCOC(=O)CSc1nc2c(c(=O)n1CC1CCCCC1)C1(CCCCC1)Cc1ccccc1-2. The van der Waals surface area contributed by atoms with Crippen molar-refractivity contribution in [1.29, 1.82) is 0 Å². The van der Waals surface area contributed by atoms with Crippen molar-refractivity contribution in [2.45, 2.75) is 94.7 Å². The molecule has 2 saturated carbocycles. The second-order valence-corrected chi connectivity index (χ2v) is 11.2. The van der Waals surface area contributed by atoms with Gasteiger partial charge in [0, 0.05) is 17.5 Å². The van der Waals surface area contributed by atoms with Gasteiger partial charge < -0.3 is 4.74 Å². The number of rotatable bonds is 6. The van der Waals surface area contributed by atoms with E-state index in [-0.39, 0.29) is 22.7 Å². The first-order valence-electron chi connectivity index (χ1n) is 13.1. The van der Waals surface area contributed by atoms with E-state index in [1.54, 1.807) is 0 Å². The van der Waals surface area contributed by atoms with E-state index in [2.05, 4.69) is 18.2 Å². The average molecular weight is 481 g/mol. The van der Waals surface area contributed by atoms with Crippen LogP contribution in [0.1, 0.15) is 82.3 Å². The summed E-state index contributed by atoms with van der Waals surface area (Å²) in [6.07, 6.45) is 12.7. The molecule has 6 heteroatoms. The Morgan fingerprint density at radius 2 is 1.85 bits per heavy atom. The molecule has 1 spiro atoms. The van der Waals surface area contributed by atoms with Crippen LogP contribution in [0.4, 0.5) is 0 Å². The highest BCUT2D eigenvalue weighted by molar-refractivity contribution is 7.99. The molecule has 182 valence electrons. The first kappa shape index (κ1) is 23.7. The molecule has 1 aromatic carbocycles. The van der Waals surface area contributed by atoms with Gasteiger partial charge in [-0.3, -0.25) is 14.2 Å². The Balaban J connectivity index is 1.64. The third-order valence-corrected chi connectivity index (χ3v) is 9.02. The summed E-state index contributed by atoms with van der Waals surface area (Å²) in [6.45, 7) is 2.89.